The highest BCUT2D eigenvalue weighted by Gasteiger charge is 2.32. The number of amides is 1. The van der Waals surface area contributed by atoms with Gasteiger partial charge in [0.05, 0.1) is 17.7 Å². The molecule has 1 aromatic rings. The Kier molecular flexibility index (Phi) is 5.42. The molecule has 0 aromatic heterocycles. The highest BCUT2D eigenvalue weighted by Crippen LogP contribution is 2.42. The van der Waals surface area contributed by atoms with Crippen molar-refractivity contribution in [3.05, 3.63) is 28.0 Å². The van der Waals surface area contributed by atoms with E-state index in [1.54, 1.807) is 0 Å². The zero-order valence-electron chi connectivity index (χ0n) is 11.9. The number of hydrogen-bond acceptors (Lipinski definition) is 3. The van der Waals surface area contributed by atoms with E-state index in [1.165, 1.54) is 6.07 Å². The highest BCUT2D eigenvalue weighted by atomic mass is 35.5. The summed E-state index contributed by atoms with van der Waals surface area (Å²) in [7, 11) is 2.18. The Balaban J connectivity index is 2.59. The molecule has 116 valence electrons. The van der Waals surface area contributed by atoms with Crippen LogP contribution in [-0.4, -0.2) is 19.1 Å². The maximum Gasteiger partial charge on any atom is 0.220 e. The fourth-order valence-corrected chi connectivity index (χ4v) is 2.87. The maximum absolute atomic E-state index is 14.5. The lowest BCUT2D eigenvalue weighted by molar-refractivity contribution is -0.119. The molecule has 1 heterocycles. The third-order valence-electron chi connectivity index (χ3n) is 3.55. The van der Waals surface area contributed by atoms with Crippen molar-refractivity contribution in [2.75, 3.05) is 13.2 Å². The molecule has 21 heavy (non-hydrogen) atoms. The number of benzene rings is 1. The van der Waals surface area contributed by atoms with Gasteiger partial charge >= 0.3 is 0 Å². The van der Waals surface area contributed by atoms with Gasteiger partial charge in [0.25, 0.3) is 0 Å². The van der Waals surface area contributed by atoms with Gasteiger partial charge in [-0.3, -0.25) is 4.79 Å². The first kappa shape index (κ1) is 16.5. The van der Waals surface area contributed by atoms with Crippen LogP contribution in [0.5, 0.6) is 5.75 Å². The van der Waals surface area contributed by atoms with Crippen LogP contribution in [0.2, 0.25) is 5.02 Å². The highest BCUT2D eigenvalue weighted by molar-refractivity contribution is 7.09. The molecule has 0 bridgehead atoms. The molecule has 0 spiro atoms. The van der Waals surface area contributed by atoms with Crippen LogP contribution in [0.3, 0.4) is 0 Å². The second-order valence-electron chi connectivity index (χ2n) is 4.92. The summed E-state index contributed by atoms with van der Waals surface area (Å²) in [5.41, 5.74) is 1.03. The van der Waals surface area contributed by atoms with Gasteiger partial charge in [0.1, 0.15) is 11.6 Å². The van der Waals surface area contributed by atoms with E-state index in [-0.39, 0.29) is 29.4 Å². The molecule has 3 atom stereocenters. The van der Waals surface area contributed by atoms with Crippen molar-refractivity contribution in [2.45, 2.75) is 32.3 Å². The van der Waals surface area contributed by atoms with Gasteiger partial charge in [-0.05, 0) is 19.9 Å². The van der Waals surface area contributed by atoms with Gasteiger partial charge in [0, 0.05) is 39.5 Å². The molecule has 1 fully saturated rings. The van der Waals surface area contributed by atoms with E-state index in [0.717, 1.165) is 0 Å². The number of carbonyl (C=O) groups excluding carboxylic acids is 1. The minimum Gasteiger partial charge on any atom is -0.493 e. The average Bonchev–Trinajstić information content (AvgIpc) is 2.88. The molecule has 1 unspecified atom stereocenters. The molecule has 1 aliphatic heterocycles. The monoisotopic (exact) mass is 333 g/mol. The quantitative estimate of drug-likeness (QED) is 0.841. The van der Waals surface area contributed by atoms with E-state index in [0.29, 0.717) is 30.0 Å². The Bertz CT molecular complexity index is 556. The van der Waals surface area contributed by atoms with E-state index >= 15 is 0 Å². The molecule has 1 aromatic carbocycles. The van der Waals surface area contributed by atoms with Crippen LogP contribution in [0.1, 0.15) is 43.4 Å². The molecule has 0 radical (unpaired) electrons. The van der Waals surface area contributed by atoms with E-state index in [1.807, 2.05) is 13.8 Å². The van der Waals surface area contributed by atoms with Crippen molar-refractivity contribution in [3.63, 3.8) is 0 Å². The van der Waals surface area contributed by atoms with Gasteiger partial charge < -0.3 is 14.6 Å². The molecule has 7 heteroatoms. The maximum atomic E-state index is 14.5. The van der Waals surface area contributed by atoms with Gasteiger partial charge in [-0.1, -0.05) is 11.6 Å². The molecule has 4 nitrogen and oxygen atoms in total. The largest absolute Gasteiger partial charge is 0.493 e. The van der Waals surface area contributed by atoms with Crippen LogP contribution in [0.25, 0.3) is 0 Å². The standard InChI is InChI=1S/C14H18ClFNO3P/c1-3-19-14-9(7(2)20-21)5-10(15)13(16)12(14)8-4-11(18)17-6-8/h5,7-8H,3-4,6,21H2,1-2H3,(H,17,18)/t7-,8+/m1/s1. The van der Waals surface area contributed by atoms with E-state index in [4.69, 9.17) is 20.9 Å². The fourth-order valence-electron chi connectivity index (χ4n) is 2.50. The molecule has 1 N–H and O–H groups in total. The predicted octanol–water partition coefficient (Wildman–Crippen LogP) is 3.35. The molecular weight excluding hydrogens is 316 g/mol. The molecule has 1 aliphatic rings. The molecule has 2 rings (SSSR count). The number of halogens is 2. The summed E-state index contributed by atoms with van der Waals surface area (Å²) in [4.78, 5) is 11.4. The topological polar surface area (TPSA) is 47.6 Å². The first-order valence-electron chi connectivity index (χ1n) is 6.76. The lowest BCUT2D eigenvalue weighted by Crippen LogP contribution is -2.15. The SMILES string of the molecule is CCOc1c([C@@H](C)OP)cc(Cl)c(F)c1[C@@H]1CNC(=O)C1. The van der Waals surface area contributed by atoms with Gasteiger partial charge in [0.2, 0.25) is 5.91 Å². The second-order valence-corrected chi connectivity index (χ2v) is 5.60. The molecule has 1 saturated heterocycles. The molecular formula is C14H18ClFNO3P. The van der Waals surface area contributed by atoms with Crippen LogP contribution in [-0.2, 0) is 9.32 Å². The summed E-state index contributed by atoms with van der Waals surface area (Å²) in [5, 5.41) is 2.72. The summed E-state index contributed by atoms with van der Waals surface area (Å²) in [6, 6.07) is 1.52. The lowest BCUT2D eigenvalue weighted by Gasteiger charge is -2.22. The minimum absolute atomic E-state index is 0.0108. The van der Waals surface area contributed by atoms with Crippen molar-refractivity contribution < 1.29 is 18.4 Å². The molecule has 1 amide bonds. The number of carbonyl (C=O) groups is 1. The summed E-state index contributed by atoms with van der Waals surface area (Å²) in [6.07, 6.45) is -0.0918. The number of nitrogens with one attached hydrogen (secondary N) is 1. The van der Waals surface area contributed by atoms with Crippen molar-refractivity contribution in [1.82, 2.24) is 5.32 Å². The number of ether oxygens (including phenoxy) is 1. The minimum atomic E-state index is -0.527. The lowest BCUT2D eigenvalue weighted by atomic mass is 9.93. The van der Waals surface area contributed by atoms with Gasteiger partial charge in [-0.25, -0.2) is 4.39 Å². The second kappa shape index (κ2) is 6.91. The third kappa shape index (κ3) is 3.31. The van der Waals surface area contributed by atoms with Gasteiger partial charge in [0.15, 0.2) is 0 Å². The Morgan fingerprint density at radius 1 is 1.62 bits per heavy atom. The van der Waals surface area contributed by atoms with Crippen LogP contribution >= 0.6 is 21.1 Å². The third-order valence-corrected chi connectivity index (χ3v) is 4.23. The number of rotatable bonds is 5. The van der Waals surface area contributed by atoms with Crippen LogP contribution in [0.15, 0.2) is 6.07 Å². The van der Waals surface area contributed by atoms with E-state index in [9.17, 15) is 9.18 Å². The normalized spacial score (nSPS) is 19.5. The van der Waals surface area contributed by atoms with Crippen molar-refractivity contribution in [2.24, 2.45) is 0 Å². The Hall–Kier alpha value is -0.900. The van der Waals surface area contributed by atoms with Gasteiger partial charge in [-0.15, -0.1) is 0 Å². The Morgan fingerprint density at radius 2 is 2.33 bits per heavy atom. The van der Waals surface area contributed by atoms with Crippen molar-refractivity contribution in [1.29, 1.82) is 0 Å². The van der Waals surface area contributed by atoms with Crippen LogP contribution < -0.4 is 10.1 Å². The van der Waals surface area contributed by atoms with Gasteiger partial charge in [-0.2, -0.15) is 0 Å². The predicted molar refractivity (Wildman–Crippen MR) is 82.2 cm³/mol. The first-order chi connectivity index (χ1) is 9.99. The van der Waals surface area contributed by atoms with E-state index < -0.39 is 5.82 Å². The molecule has 0 saturated carbocycles. The Labute approximate surface area is 130 Å². The Morgan fingerprint density at radius 3 is 2.86 bits per heavy atom. The van der Waals surface area contributed by atoms with E-state index in [2.05, 4.69) is 14.8 Å². The summed E-state index contributed by atoms with van der Waals surface area (Å²) >= 11 is 6.01. The van der Waals surface area contributed by atoms with Crippen LogP contribution in [0, 0.1) is 5.82 Å². The summed E-state index contributed by atoms with van der Waals surface area (Å²) < 4.78 is 25.4. The summed E-state index contributed by atoms with van der Waals surface area (Å²) in [6.45, 7) is 4.41. The van der Waals surface area contributed by atoms with Crippen LogP contribution in [0.4, 0.5) is 4.39 Å². The average molecular weight is 334 g/mol. The zero-order valence-corrected chi connectivity index (χ0v) is 13.8. The molecule has 0 aliphatic carbocycles. The smallest absolute Gasteiger partial charge is 0.220 e. The number of hydrogen-bond donors (Lipinski definition) is 1. The summed E-state index contributed by atoms with van der Waals surface area (Å²) in [5.74, 6) is -0.482. The van der Waals surface area contributed by atoms with Crippen molar-refractivity contribution in [3.8, 4) is 5.75 Å². The van der Waals surface area contributed by atoms with Crippen molar-refractivity contribution >= 4 is 27.0 Å². The first-order valence-corrected chi connectivity index (χ1v) is 7.61. The fraction of sp³-hybridized carbons (Fsp3) is 0.500. The zero-order chi connectivity index (χ0) is 15.6.